The molecule has 5 rings (SSSR count). The molecule has 2 amide bonds. The van der Waals surface area contributed by atoms with E-state index in [1.807, 2.05) is 6.07 Å². The van der Waals surface area contributed by atoms with Crippen LogP contribution < -0.4 is 20.0 Å². The molecule has 0 aromatic carbocycles. The van der Waals surface area contributed by atoms with Crippen molar-refractivity contribution in [3.05, 3.63) is 30.7 Å². The monoisotopic (exact) mass is 447 g/mol. The molecular weight excluding hydrogens is 423 g/mol. The number of hydrogen-bond donors (Lipinski definition) is 1. The van der Waals surface area contributed by atoms with Gasteiger partial charge in [0, 0.05) is 32.4 Å². The maximum Gasteiger partial charge on any atom is 0.393 e. The number of nitrogens with one attached hydrogen (secondary N) is 1. The summed E-state index contributed by atoms with van der Waals surface area (Å²) in [6.07, 6.45) is 1.04. The molecule has 5 heterocycles. The van der Waals surface area contributed by atoms with Crippen molar-refractivity contribution in [1.82, 2.24) is 15.0 Å². The first kappa shape index (κ1) is 20.8. The first-order valence-electron chi connectivity index (χ1n) is 10.8. The van der Waals surface area contributed by atoms with E-state index >= 15 is 0 Å². The van der Waals surface area contributed by atoms with Gasteiger partial charge in [-0.25, -0.2) is 19.7 Å². The fourth-order valence-corrected chi connectivity index (χ4v) is 4.84. The van der Waals surface area contributed by atoms with Crippen LogP contribution in [0.25, 0.3) is 0 Å². The Hall–Kier alpha value is -3.11. The largest absolute Gasteiger partial charge is 0.393 e. The molecule has 1 N–H and O–H groups in total. The smallest absolute Gasteiger partial charge is 0.366 e. The zero-order valence-electron chi connectivity index (χ0n) is 17.4. The number of rotatable bonds is 2. The Balaban J connectivity index is 1.47. The number of urea groups is 1. The number of carbonyl (C=O) groups excluding carboxylic acids is 1. The SMILES string of the molecule is O=C(Nc1ccncn1)N1c2nc(N3CCCC(C(F)(F)F)C3)ccc2N2CCC[C@H]1C2. The number of fused-ring (bicyclic) bond motifs is 4. The second-order valence-electron chi connectivity index (χ2n) is 8.48. The Bertz CT molecular complexity index is 987. The maximum absolute atomic E-state index is 13.3. The van der Waals surface area contributed by atoms with Crippen molar-refractivity contribution < 1.29 is 18.0 Å². The highest BCUT2D eigenvalue weighted by molar-refractivity contribution is 6.04. The van der Waals surface area contributed by atoms with Crippen LogP contribution in [-0.4, -0.2) is 59.4 Å². The molecule has 2 fully saturated rings. The van der Waals surface area contributed by atoms with Crippen molar-refractivity contribution in [3.8, 4) is 0 Å². The highest BCUT2D eigenvalue weighted by Crippen LogP contribution is 2.41. The Morgan fingerprint density at radius 3 is 2.66 bits per heavy atom. The van der Waals surface area contributed by atoms with E-state index in [1.165, 1.54) is 6.33 Å². The molecule has 2 atom stereocenters. The molecule has 2 aromatic heterocycles. The number of nitrogens with zero attached hydrogens (tertiary/aromatic N) is 6. The summed E-state index contributed by atoms with van der Waals surface area (Å²) in [5.41, 5.74) is 0.826. The van der Waals surface area contributed by atoms with E-state index in [4.69, 9.17) is 4.98 Å². The second-order valence-corrected chi connectivity index (χ2v) is 8.48. The summed E-state index contributed by atoms with van der Waals surface area (Å²) >= 11 is 0. The Labute approximate surface area is 183 Å². The molecule has 0 aliphatic carbocycles. The number of aromatic nitrogens is 3. The third kappa shape index (κ3) is 3.91. The van der Waals surface area contributed by atoms with Crippen LogP contribution in [0.2, 0.25) is 0 Å². The van der Waals surface area contributed by atoms with Crippen LogP contribution >= 0.6 is 0 Å². The van der Waals surface area contributed by atoms with Crippen LogP contribution in [-0.2, 0) is 0 Å². The minimum atomic E-state index is -4.22. The molecule has 1 unspecified atom stereocenters. The second kappa shape index (κ2) is 8.10. The normalized spacial score (nSPS) is 23.0. The number of piperidine rings is 2. The Morgan fingerprint density at radius 2 is 1.88 bits per heavy atom. The number of alkyl halides is 3. The first-order chi connectivity index (χ1) is 15.4. The van der Waals surface area contributed by atoms with Crippen LogP contribution in [0, 0.1) is 5.92 Å². The van der Waals surface area contributed by atoms with Gasteiger partial charge in [-0.15, -0.1) is 0 Å². The van der Waals surface area contributed by atoms with Gasteiger partial charge in [-0.2, -0.15) is 13.2 Å². The average molecular weight is 447 g/mol. The molecule has 2 saturated heterocycles. The van der Waals surface area contributed by atoms with Crippen molar-refractivity contribution in [2.75, 3.05) is 46.2 Å². The van der Waals surface area contributed by atoms with E-state index in [2.05, 4.69) is 20.2 Å². The summed E-state index contributed by atoms with van der Waals surface area (Å²) in [7, 11) is 0. The van der Waals surface area contributed by atoms with Crippen molar-refractivity contribution in [2.45, 2.75) is 37.9 Å². The van der Waals surface area contributed by atoms with Gasteiger partial charge < -0.3 is 9.80 Å². The van der Waals surface area contributed by atoms with E-state index < -0.39 is 12.1 Å². The number of pyridine rings is 1. The van der Waals surface area contributed by atoms with Crippen molar-refractivity contribution in [2.24, 2.45) is 5.92 Å². The van der Waals surface area contributed by atoms with Gasteiger partial charge in [-0.05, 0) is 43.9 Å². The van der Waals surface area contributed by atoms with Gasteiger partial charge in [-0.3, -0.25) is 10.2 Å². The molecule has 11 heteroatoms. The predicted molar refractivity (Wildman–Crippen MR) is 114 cm³/mol. The van der Waals surface area contributed by atoms with Crippen LogP contribution in [0.3, 0.4) is 0 Å². The number of hydrogen-bond acceptors (Lipinski definition) is 6. The molecule has 32 heavy (non-hydrogen) atoms. The highest BCUT2D eigenvalue weighted by atomic mass is 19.4. The third-order valence-electron chi connectivity index (χ3n) is 6.41. The summed E-state index contributed by atoms with van der Waals surface area (Å²) in [5.74, 6) is -0.0304. The number of anilines is 4. The van der Waals surface area contributed by atoms with E-state index in [1.54, 1.807) is 28.1 Å². The lowest BCUT2D eigenvalue weighted by Crippen LogP contribution is -2.56. The number of carbonyl (C=O) groups is 1. The molecule has 3 aliphatic rings. The van der Waals surface area contributed by atoms with Crippen molar-refractivity contribution >= 4 is 29.2 Å². The lowest BCUT2D eigenvalue weighted by Gasteiger charge is -2.46. The first-order valence-corrected chi connectivity index (χ1v) is 10.8. The van der Waals surface area contributed by atoms with Gasteiger partial charge in [0.2, 0.25) is 0 Å². The zero-order chi connectivity index (χ0) is 22.3. The van der Waals surface area contributed by atoms with Crippen LogP contribution in [0.4, 0.5) is 41.1 Å². The molecule has 2 aromatic rings. The minimum Gasteiger partial charge on any atom is -0.366 e. The Kier molecular flexibility index (Phi) is 5.26. The summed E-state index contributed by atoms with van der Waals surface area (Å²) in [6, 6.07) is 4.83. The van der Waals surface area contributed by atoms with E-state index in [0.29, 0.717) is 37.0 Å². The molecular formula is C21H24F3N7O. The number of amides is 2. The van der Waals surface area contributed by atoms with Gasteiger partial charge in [0.25, 0.3) is 0 Å². The molecule has 2 bridgehead atoms. The maximum atomic E-state index is 13.3. The lowest BCUT2D eigenvalue weighted by atomic mass is 9.97. The van der Waals surface area contributed by atoms with E-state index in [-0.39, 0.29) is 25.0 Å². The van der Waals surface area contributed by atoms with E-state index in [0.717, 1.165) is 25.1 Å². The topological polar surface area (TPSA) is 77.5 Å². The fraction of sp³-hybridized carbons (Fsp3) is 0.524. The predicted octanol–water partition coefficient (Wildman–Crippen LogP) is 3.67. The molecule has 8 nitrogen and oxygen atoms in total. The quantitative estimate of drug-likeness (QED) is 0.757. The van der Waals surface area contributed by atoms with E-state index in [9.17, 15) is 18.0 Å². The van der Waals surface area contributed by atoms with Gasteiger partial charge in [0.15, 0.2) is 5.82 Å². The fourth-order valence-electron chi connectivity index (χ4n) is 4.84. The molecule has 0 radical (unpaired) electrons. The average Bonchev–Trinajstić information content (AvgIpc) is 2.79. The van der Waals surface area contributed by atoms with Gasteiger partial charge in [0.05, 0.1) is 17.6 Å². The standard InChI is InChI=1S/C21H24F3N7O/c22-21(23,24)14-3-1-10-30(11-14)18-6-5-16-19(28-18)31(15-4-2-9-29(16)12-15)20(32)27-17-7-8-25-13-26-17/h5-8,13-15H,1-4,9-12H2,(H,25,26,27,32)/t14?,15-/m0/s1. The van der Waals surface area contributed by atoms with Gasteiger partial charge in [0.1, 0.15) is 18.0 Å². The highest BCUT2D eigenvalue weighted by Gasteiger charge is 2.43. The van der Waals surface area contributed by atoms with Gasteiger partial charge in [-0.1, -0.05) is 0 Å². The molecule has 170 valence electrons. The summed E-state index contributed by atoms with van der Waals surface area (Å²) in [5, 5.41) is 2.80. The van der Waals surface area contributed by atoms with Crippen molar-refractivity contribution in [1.29, 1.82) is 0 Å². The Morgan fingerprint density at radius 1 is 1.06 bits per heavy atom. The van der Waals surface area contributed by atoms with Crippen LogP contribution in [0.5, 0.6) is 0 Å². The van der Waals surface area contributed by atoms with Crippen molar-refractivity contribution in [3.63, 3.8) is 0 Å². The van der Waals surface area contributed by atoms with Gasteiger partial charge >= 0.3 is 12.2 Å². The zero-order valence-corrected chi connectivity index (χ0v) is 17.4. The minimum absolute atomic E-state index is 0.0647. The lowest BCUT2D eigenvalue weighted by molar-refractivity contribution is -0.176. The molecule has 0 spiro atoms. The number of halogens is 3. The van der Waals surface area contributed by atoms with Crippen LogP contribution in [0.15, 0.2) is 30.7 Å². The summed E-state index contributed by atoms with van der Waals surface area (Å²) < 4.78 is 39.9. The molecule has 3 aliphatic heterocycles. The molecule has 0 saturated carbocycles. The summed E-state index contributed by atoms with van der Waals surface area (Å²) in [4.78, 5) is 31.4. The summed E-state index contributed by atoms with van der Waals surface area (Å²) in [6.45, 7) is 1.96. The third-order valence-corrected chi connectivity index (χ3v) is 6.41. The van der Waals surface area contributed by atoms with Crippen LogP contribution in [0.1, 0.15) is 25.7 Å².